The highest BCUT2D eigenvalue weighted by Gasteiger charge is 2.27. The fourth-order valence-corrected chi connectivity index (χ4v) is 1.37. The number of carbonyl (C=O) groups excluding carboxylic acids is 1. The molecular weight excluding hydrogens is 180 g/mol. The lowest BCUT2D eigenvalue weighted by Gasteiger charge is -2.16. The number of para-hydroxylation sites is 1. The number of benzene rings is 1. The largest absolute Gasteiger partial charge is 0.468 e. The third kappa shape index (κ3) is 1.35. The number of nitrogens with zero attached hydrogens (tertiary/aromatic N) is 2. The van der Waals surface area contributed by atoms with Gasteiger partial charge in [-0.2, -0.15) is 0 Å². The molecule has 1 aliphatic rings. The molecule has 1 aliphatic heterocycles. The maximum absolute atomic E-state index is 11.5. The summed E-state index contributed by atoms with van der Waals surface area (Å²) in [5, 5.41) is 0. The van der Waals surface area contributed by atoms with Crippen LogP contribution < -0.4 is 4.90 Å². The van der Waals surface area contributed by atoms with Crippen LogP contribution in [0, 0.1) is 0 Å². The van der Waals surface area contributed by atoms with Gasteiger partial charge in [-0.25, -0.2) is 9.89 Å². The molecule has 0 saturated carbocycles. The van der Waals surface area contributed by atoms with E-state index in [1.165, 1.54) is 12.0 Å². The molecule has 72 valence electrons. The van der Waals surface area contributed by atoms with E-state index >= 15 is 0 Å². The number of methoxy groups -OCH3 is 1. The van der Waals surface area contributed by atoms with Crippen LogP contribution in [-0.2, 0) is 9.53 Å². The normalized spacial score (nSPS) is 15.6. The van der Waals surface area contributed by atoms with Crippen LogP contribution in [-0.4, -0.2) is 25.6 Å². The molecule has 0 aromatic heterocycles. The number of ether oxygens (including phenoxy) is 1. The Morgan fingerprint density at radius 2 is 2.07 bits per heavy atom. The summed E-state index contributed by atoms with van der Waals surface area (Å²) in [5.41, 5.74) is 0.788. The lowest BCUT2D eigenvalue weighted by atomic mass is 10.3. The summed E-state index contributed by atoms with van der Waals surface area (Å²) in [6.45, 7) is 0.165. The zero-order valence-corrected chi connectivity index (χ0v) is 7.80. The Labute approximate surface area is 81.8 Å². The molecule has 4 nitrogen and oxygen atoms in total. The van der Waals surface area contributed by atoms with Gasteiger partial charge in [-0.05, 0) is 12.1 Å². The SMILES string of the molecule is COC1=NCC(=O)N1c1ccccc1. The van der Waals surface area contributed by atoms with Crippen molar-refractivity contribution in [2.45, 2.75) is 0 Å². The van der Waals surface area contributed by atoms with E-state index in [0.29, 0.717) is 6.02 Å². The maximum atomic E-state index is 11.5. The third-order valence-electron chi connectivity index (χ3n) is 1.99. The third-order valence-corrected chi connectivity index (χ3v) is 1.99. The van der Waals surface area contributed by atoms with Gasteiger partial charge < -0.3 is 4.74 Å². The second-order valence-corrected chi connectivity index (χ2v) is 2.87. The van der Waals surface area contributed by atoms with Gasteiger partial charge in [-0.1, -0.05) is 18.2 Å². The van der Waals surface area contributed by atoms with E-state index in [-0.39, 0.29) is 12.5 Å². The fraction of sp³-hybridized carbons (Fsp3) is 0.200. The highest BCUT2D eigenvalue weighted by Crippen LogP contribution is 2.17. The van der Waals surface area contributed by atoms with Gasteiger partial charge in [-0.3, -0.25) is 4.79 Å². The van der Waals surface area contributed by atoms with Crippen molar-refractivity contribution >= 4 is 17.6 Å². The molecule has 0 aliphatic carbocycles. The summed E-state index contributed by atoms with van der Waals surface area (Å²) in [5.74, 6) is -0.0620. The average Bonchev–Trinajstić information content (AvgIpc) is 2.61. The van der Waals surface area contributed by atoms with Crippen molar-refractivity contribution in [2.75, 3.05) is 18.6 Å². The number of rotatable bonds is 1. The number of amidine groups is 1. The van der Waals surface area contributed by atoms with Gasteiger partial charge in [0, 0.05) is 0 Å². The minimum atomic E-state index is -0.0620. The molecule has 0 spiro atoms. The average molecular weight is 190 g/mol. The maximum Gasteiger partial charge on any atom is 0.299 e. The molecule has 1 aromatic rings. The van der Waals surface area contributed by atoms with E-state index < -0.39 is 0 Å². The van der Waals surface area contributed by atoms with E-state index in [2.05, 4.69) is 4.99 Å². The van der Waals surface area contributed by atoms with Crippen molar-refractivity contribution in [1.82, 2.24) is 0 Å². The molecule has 14 heavy (non-hydrogen) atoms. The molecule has 1 heterocycles. The molecular formula is C10H10N2O2. The van der Waals surface area contributed by atoms with Gasteiger partial charge in [0.15, 0.2) is 0 Å². The van der Waals surface area contributed by atoms with Crippen LogP contribution in [0.4, 0.5) is 5.69 Å². The number of anilines is 1. The molecule has 0 radical (unpaired) electrons. The predicted octanol–water partition coefficient (Wildman–Crippen LogP) is 1.04. The Morgan fingerprint density at radius 1 is 1.36 bits per heavy atom. The van der Waals surface area contributed by atoms with Crippen LogP contribution in [0.2, 0.25) is 0 Å². The summed E-state index contributed by atoms with van der Waals surface area (Å²) >= 11 is 0. The van der Waals surface area contributed by atoms with Gasteiger partial charge in [0.1, 0.15) is 6.54 Å². The Kier molecular flexibility index (Phi) is 2.18. The molecule has 0 fully saturated rings. The summed E-state index contributed by atoms with van der Waals surface area (Å²) in [7, 11) is 1.51. The van der Waals surface area contributed by atoms with Crippen LogP contribution in [0.25, 0.3) is 0 Å². The molecule has 0 atom stereocenters. The van der Waals surface area contributed by atoms with Crippen LogP contribution in [0.1, 0.15) is 0 Å². The summed E-state index contributed by atoms with van der Waals surface area (Å²) in [4.78, 5) is 16.9. The van der Waals surface area contributed by atoms with E-state index in [0.717, 1.165) is 5.69 Å². The first-order valence-electron chi connectivity index (χ1n) is 4.29. The summed E-state index contributed by atoms with van der Waals surface area (Å²) < 4.78 is 5.00. The van der Waals surface area contributed by atoms with Gasteiger partial charge in [0.05, 0.1) is 12.8 Å². The summed E-state index contributed by atoms with van der Waals surface area (Å²) in [6.07, 6.45) is 0. The molecule has 0 N–H and O–H groups in total. The molecule has 0 bridgehead atoms. The first kappa shape index (κ1) is 8.74. The van der Waals surface area contributed by atoms with E-state index in [1.54, 1.807) is 0 Å². The molecule has 0 saturated heterocycles. The van der Waals surface area contributed by atoms with E-state index in [4.69, 9.17) is 4.74 Å². The smallest absolute Gasteiger partial charge is 0.299 e. The van der Waals surface area contributed by atoms with E-state index in [9.17, 15) is 4.79 Å². The number of amides is 1. The number of aliphatic imine (C=N–C) groups is 1. The predicted molar refractivity (Wildman–Crippen MR) is 53.2 cm³/mol. The number of hydrogen-bond donors (Lipinski definition) is 0. The van der Waals surface area contributed by atoms with Crippen molar-refractivity contribution in [2.24, 2.45) is 4.99 Å². The minimum Gasteiger partial charge on any atom is -0.468 e. The van der Waals surface area contributed by atoms with Crippen LogP contribution >= 0.6 is 0 Å². The highest BCUT2D eigenvalue weighted by atomic mass is 16.5. The van der Waals surface area contributed by atoms with Crippen molar-refractivity contribution in [3.05, 3.63) is 30.3 Å². The monoisotopic (exact) mass is 190 g/mol. The van der Waals surface area contributed by atoms with Crippen LogP contribution in [0.5, 0.6) is 0 Å². The Morgan fingerprint density at radius 3 is 2.71 bits per heavy atom. The van der Waals surface area contributed by atoms with Crippen molar-refractivity contribution in [1.29, 1.82) is 0 Å². The number of hydrogen-bond acceptors (Lipinski definition) is 3. The Hall–Kier alpha value is -1.84. The Balaban J connectivity index is 2.34. The lowest BCUT2D eigenvalue weighted by molar-refractivity contribution is -0.115. The first-order valence-corrected chi connectivity index (χ1v) is 4.29. The number of carbonyl (C=O) groups is 1. The quantitative estimate of drug-likeness (QED) is 0.663. The molecule has 0 unspecified atom stereocenters. The topological polar surface area (TPSA) is 41.9 Å². The standard InChI is InChI=1S/C10H10N2O2/c1-14-10-11-7-9(13)12(10)8-5-3-2-4-6-8/h2-6H,7H2,1H3. The molecule has 1 aromatic carbocycles. The zero-order valence-electron chi connectivity index (χ0n) is 7.80. The zero-order chi connectivity index (χ0) is 9.97. The van der Waals surface area contributed by atoms with Gasteiger partial charge >= 0.3 is 0 Å². The van der Waals surface area contributed by atoms with Crippen molar-refractivity contribution < 1.29 is 9.53 Å². The van der Waals surface area contributed by atoms with Crippen molar-refractivity contribution in [3.63, 3.8) is 0 Å². The van der Waals surface area contributed by atoms with Crippen molar-refractivity contribution in [3.8, 4) is 0 Å². The second-order valence-electron chi connectivity index (χ2n) is 2.87. The van der Waals surface area contributed by atoms with Gasteiger partial charge in [0.25, 0.3) is 11.9 Å². The minimum absolute atomic E-state index is 0.0620. The van der Waals surface area contributed by atoms with Gasteiger partial charge in [-0.15, -0.1) is 0 Å². The summed E-state index contributed by atoms with van der Waals surface area (Å²) in [6, 6.07) is 9.69. The molecule has 4 heteroatoms. The molecule has 2 rings (SSSR count). The Bertz CT molecular complexity index is 373. The van der Waals surface area contributed by atoms with Gasteiger partial charge in [0.2, 0.25) is 0 Å². The van der Waals surface area contributed by atoms with E-state index in [1.807, 2.05) is 30.3 Å². The first-order chi connectivity index (χ1) is 6.83. The van der Waals surface area contributed by atoms with Crippen LogP contribution in [0.3, 0.4) is 0 Å². The highest BCUT2D eigenvalue weighted by molar-refractivity contribution is 6.18. The lowest BCUT2D eigenvalue weighted by Crippen LogP contribution is -2.33. The molecule has 1 amide bonds. The fourth-order valence-electron chi connectivity index (χ4n) is 1.37. The second kappa shape index (κ2) is 3.49. The van der Waals surface area contributed by atoms with Crippen LogP contribution in [0.15, 0.2) is 35.3 Å².